The lowest BCUT2D eigenvalue weighted by molar-refractivity contribution is -0.305. The molecule has 0 aromatic heterocycles. The van der Waals surface area contributed by atoms with Crippen LogP contribution in [0.5, 0.6) is 0 Å². The second-order valence-electron chi connectivity index (χ2n) is 2.34. The molecular formula is C8H11F3O2. The Morgan fingerprint density at radius 3 is 2.46 bits per heavy atom. The van der Waals surface area contributed by atoms with Gasteiger partial charge in [0.1, 0.15) is 0 Å². The van der Waals surface area contributed by atoms with Crippen LogP contribution in [0.3, 0.4) is 0 Å². The van der Waals surface area contributed by atoms with E-state index in [2.05, 4.69) is 4.74 Å². The molecule has 0 aromatic rings. The number of rotatable bonds is 4. The van der Waals surface area contributed by atoms with Gasteiger partial charge in [-0.1, -0.05) is 19.1 Å². The third-order valence-corrected chi connectivity index (χ3v) is 1.15. The summed E-state index contributed by atoms with van der Waals surface area (Å²) in [4.78, 5) is 10.4. The Kier molecular flexibility index (Phi) is 5.18. The molecule has 0 spiro atoms. The largest absolute Gasteiger partial charge is 0.575 e. The van der Waals surface area contributed by atoms with Crippen LogP contribution in [0, 0.1) is 0 Å². The molecule has 76 valence electrons. The summed E-state index contributed by atoms with van der Waals surface area (Å²) in [5.74, 6) is -1.24. The second kappa shape index (κ2) is 5.61. The van der Waals surface area contributed by atoms with Gasteiger partial charge in [0.25, 0.3) is 0 Å². The van der Waals surface area contributed by atoms with Crippen molar-refractivity contribution < 1.29 is 22.7 Å². The van der Waals surface area contributed by atoms with Gasteiger partial charge in [0, 0.05) is 6.42 Å². The van der Waals surface area contributed by atoms with Crippen LogP contribution in [0.15, 0.2) is 12.2 Å². The van der Waals surface area contributed by atoms with Gasteiger partial charge in [-0.3, -0.25) is 4.79 Å². The summed E-state index contributed by atoms with van der Waals surface area (Å²) >= 11 is 0. The molecular weight excluding hydrogens is 185 g/mol. The maximum atomic E-state index is 11.4. The van der Waals surface area contributed by atoms with Gasteiger partial charge in [-0.15, -0.1) is 13.2 Å². The molecule has 0 aliphatic heterocycles. The lowest BCUT2D eigenvalue weighted by atomic mass is 10.3. The Bertz CT molecular complexity index is 184. The van der Waals surface area contributed by atoms with Crippen molar-refractivity contribution in [2.24, 2.45) is 0 Å². The fourth-order valence-electron chi connectivity index (χ4n) is 0.666. The molecule has 0 saturated heterocycles. The molecule has 0 aromatic carbocycles. The average Bonchev–Trinajstić information content (AvgIpc) is 1.94. The SMILES string of the molecule is CCC=CCCC(=O)OC(F)(F)F. The van der Waals surface area contributed by atoms with Crippen LogP contribution in [0.1, 0.15) is 26.2 Å². The third kappa shape index (κ3) is 8.91. The minimum Gasteiger partial charge on any atom is -0.373 e. The van der Waals surface area contributed by atoms with Crippen LogP contribution < -0.4 is 0 Å². The fraction of sp³-hybridized carbons (Fsp3) is 0.625. The maximum Gasteiger partial charge on any atom is 0.575 e. The highest BCUT2D eigenvalue weighted by atomic mass is 19.4. The lowest BCUT2D eigenvalue weighted by Gasteiger charge is -2.05. The van der Waals surface area contributed by atoms with E-state index in [0.717, 1.165) is 6.42 Å². The smallest absolute Gasteiger partial charge is 0.373 e. The van der Waals surface area contributed by atoms with E-state index in [4.69, 9.17) is 0 Å². The van der Waals surface area contributed by atoms with E-state index < -0.39 is 12.3 Å². The van der Waals surface area contributed by atoms with Crippen LogP contribution in [-0.4, -0.2) is 12.3 Å². The van der Waals surface area contributed by atoms with Crippen molar-refractivity contribution >= 4 is 5.97 Å². The van der Waals surface area contributed by atoms with Crippen molar-refractivity contribution in [3.63, 3.8) is 0 Å². The highest BCUT2D eigenvalue weighted by Crippen LogP contribution is 2.17. The molecule has 0 unspecified atom stereocenters. The monoisotopic (exact) mass is 196 g/mol. The topological polar surface area (TPSA) is 26.3 Å². The fourth-order valence-corrected chi connectivity index (χ4v) is 0.666. The van der Waals surface area contributed by atoms with Crippen LogP contribution >= 0.6 is 0 Å². The van der Waals surface area contributed by atoms with Crippen LogP contribution in [0.4, 0.5) is 13.2 Å². The minimum absolute atomic E-state index is 0.240. The number of esters is 1. The van der Waals surface area contributed by atoms with E-state index in [9.17, 15) is 18.0 Å². The standard InChI is InChI=1S/C8H11F3O2/c1-2-3-4-5-6-7(12)13-8(9,10)11/h3-4H,2,5-6H2,1H3. The molecule has 0 radical (unpaired) electrons. The summed E-state index contributed by atoms with van der Waals surface area (Å²) in [5.41, 5.74) is 0. The summed E-state index contributed by atoms with van der Waals surface area (Å²) in [6.45, 7) is 1.89. The number of halogens is 3. The zero-order valence-electron chi connectivity index (χ0n) is 7.23. The van der Waals surface area contributed by atoms with Crippen LogP contribution in [0.25, 0.3) is 0 Å². The van der Waals surface area contributed by atoms with Gasteiger partial charge >= 0.3 is 12.3 Å². The van der Waals surface area contributed by atoms with Crippen molar-refractivity contribution in [2.45, 2.75) is 32.5 Å². The van der Waals surface area contributed by atoms with Crippen LogP contribution in [-0.2, 0) is 9.53 Å². The molecule has 0 fully saturated rings. The van der Waals surface area contributed by atoms with Gasteiger partial charge in [-0.25, -0.2) is 0 Å². The second-order valence-corrected chi connectivity index (χ2v) is 2.34. The number of ether oxygens (including phenoxy) is 1. The quantitative estimate of drug-likeness (QED) is 0.510. The number of hydrogen-bond acceptors (Lipinski definition) is 2. The summed E-state index contributed by atoms with van der Waals surface area (Å²) in [6.07, 6.45) is -0.586. The van der Waals surface area contributed by atoms with E-state index in [-0.39, 0.29) is 12.8 Å². The summed E-state index contributed by atoms with van der Waals surface area (Å²) in [5, 5.41) is 0. The molecule has 0 bridgehead atoms. The predicted octanol–water partition coefficient (Wildman–Crippen LogP) is 2.80. The van der Waals surface area contributed by atoms with Gasteiger partial charge in [0.05, 0.1) is 0 Å². The Balaban J connectivity index is 3.58. The Labute approximate surface area is 74.4 Å². The van der Waals surface area contributed by atoms with Gasteiger partial charge < -0.3 is 4.74 Å². The van der Waals surface area contributed by atoms with E-state index in [1.54, 1.807) is 12.2 Å². The molecule has 0 N–H and O–H groups in total. The summed E-state index contributed by atoms with van der Waals surface area (Å²) in [6, 6.07) is 0. The molecule has 0 heterocycles. The number of allylic oxidation sites excluding steroid dienone is 2. The highest BCUT2D eigenvalue weighted by molar-refractivity contribution is 5.69. The van der Waals surface area contributed by atoms with Crippen molar-refractivity contribution in [3.05, 3.63) is 12.2 Å². The number of carbonyl (C=O) groups excluding carboxylic acids is 1. The lowest BCUT2D eigenvalue weighted by Crippen LogP contribution is -2.18. The maximum absolute atomic E-state index is 11.4. The normalized spacial score (nSPS) is 12.0. The summed E-state index contributed by atoms with van der Waals surface area (Å²) < 4.78 is 37.4. The minimum atomic E-state index is -4.86. The zero-order valence-corrected chi connectivity index (χ0v) is 7.23. The Morgan fingerprint density at radius 1 is 1.38 bits per heavy atom. The van der Waals surface area contributed by atoms with Gasteiger partial charge in [-0.2, -0.15) is 0 Å². The molecule has 0 atom stereocenters. The number of carbonyl (C=O) groups is 1. The van der Waals surface area contributed by atoms with E-state index >= 15 is 0 Å². The zero-order chi connectivity index (χ0) is 10.3. The average molecular weight is 196 g/mol. The number of hydrogen-bond donors (Lipinski definition) is 0. The van der Waals surface area contributed by atoms with E-state index in [0.29, 0.717) is 0 Å². The van der Waals surface area contributed by atoms with Crippen molar-refractivity contribution in [3.8, 4) is 0 Å². The molecule has 0 aliphatic rings. The van der Waals surface area contributed by atoms with Crippen molar-refractivity contribution in [1.29, 1.82) is 0 Å². The molecule has 0 amide bonds. The van der Waals surface area contributed by atoms with E-state index in [1.165, 1.54) is 0 Å². The van der Waals surface area contributed by atoms with E-state index in [1.807, 2.05) is 6.92 Å². The first-order chi connectivity index (χ1) is 5.95. The first kappa shape index (κ1) is 12.0. The van der Waals surface area contributed by atoms with Gasteiger partial charge in [0.2, 0.25) is 0 Å². The van der Waals surface area contributed by atoms with Crippen molar-refractivity contribution in [2.75, 3.05) is 0 Å². The van der Waals surface area contributed by atoms with Gasteiger partial charge in [-0.05, 0) is 12.8 Å². The first-order valence-electron chi connectivity index (χ1n) is 3.89. The molecule has 0 saturated carbocycles. The molecule has 0 rings (SSSR count). The third-order valence-electron chi connectivity index (χ3n) is 1.15. The predicted molar refractivity (Wildman–Crippen MR) is 40.8 cm³/mol. The van der Waals surface area contributed by atoms with Crippen LogP contribution in [0.2, 0.25) is 0 Å². The van der Waals surface area contributed by atoms with Crippen molar-refractivity contribution in [1.82, 2.24) is 0 Å². The summed E-state index contributed by atoms with van der Waals surface area (Å²) in [7, 11) is 0. The Morgan fingerprint density at radius 2 is 2.00 bits per heavy atom. The Hall–Kier alpha value is -1.00. The molecule has 5 heteroatoms. The number of alkyl halides is 3. The molecule has 2 nitrogen and oxygen atoms in total. The van der Waals surface area contributed by atoms with Gasteiger partial charge in [0.15, 0.2) is 0 Å². The first-order valence-corrected chi connectivity index (χ1v) is 3.89. The molecule has 13 heavy (non-hydrogen) atoms. The highest BCUT2D eigenvalue weighted by Gasteiger charge is 2.33. The molecule has 0 aliphatic carbocycles.